The fourth-order valence-corrected chi connectivity index (χ4v) is 1.96. The number of hydrogen-bond donors (Lipinski definition) is 1. The summed E-state index contributed by atoms with van der Waals surface area (Å²) in [6.07, 6.45) is 1.90. The third-order valence-electron chi connectivity index (χ3n) is 2.86. The van der Waals surface area contributed by atoms with Crippen molar-refractivity contribution < 1.29 is 9.59 Å². The summed E-state index contributed by atoms with van der Waals surface area (Å²) in [5, 5.41) is 10.5. The van der Waals surface area contributed by atoms with Gasteiger partial charge < -0.3 is 10.2 Å². The molecule has 1 aromatic heterocycles. The van der Waals surface area contributed by atoms with Gasteiger partial charge in [0.2, 0.25) is 11.8 Å². The van der Waals surface area contributed by atoms with Crippen LogP contribution in [0.5, 0.6) is 0 Å². The first-order valence-electron chi connectivity index (χ1n) is 5.86. The molecule has 0 saturated carbocycles. The number of amides is 2. The number of carbonyl (C=O) groups excluding carboxylic acids is 2. The number of rotatable bonds is 2. The molecule has 0 bridgehead atoms. The lowest BCUT2D eigenvalue weighted by Gasteiger charge is -2.28. The van der Waals surface area contributed by atoms with Gasteiger partial charge in [0.15, 0.2) is 0 Å². The Morgan fingerprint density at radius 2 is 2.22 bits per heavy atom. The average Bonchev–Trinajstić information content (AvgIpc) is 2.42. The van der Waals surface area contributed by atoms with Gasteiger partial charge in [-0.15, -0.1) is 0 Å². The Hall–Kier alpha value is -1.98. The molecule has 0 aromatic carbocycles. The molecule has 2 rings (SSSR count). The molecule has 0 unspecified atom stereocenters. The molecule has 2 heterocycles. The van der Waals surface area contributed by atoms with Gasteiger partial charge in [-0.05, 0) is 26.0 Å². The fourth-order valence-electron chi connectivity index (χ4n) is 1.96. The van der Waals surface area contributed by atoms with Gasteiger partial charge in [0.1, 0.15) is 5.54 Å². The molecule has 6 nitrogen and oxygen atoms in total. The van der Waals surface area contributed by atoms with Crippen LogP contribution in [0.25, 0.3) is 0 Å². The summed E-state index contributed by atoms with van der Waals surface area (Å²) in [6, 6.07) is 3.59. The molecule has 1 aromatic rings. The highest BCUT2D eigenvalue weighted by molar-refractivity contribution is 5.92. The molecule has 0 radical (unpaired) electrons. The van der Waals surface area contributed by atoms with E-state index in [0.29, 0.717) is 19.5 Å². The Balaban J connectivity index is 2.17. The van der Waals surface area contributed by atoms with Crippen LogP contribution in [-0.4, -0.2) is 39.0 Å². The van der Waals surface area contributed by atoms with Gasteiger partial charge in [-0.3, -0.25) is 9.59 Å². The standard InChI is InChI=1S/C12H16N4O2/c1-12(2)11(18)16(7-5-10(17)14-12)8-9-4-3-6-13-15-9/h3-4,6H,5,7-8H2,1-2H3,(H,14,17). The Morgan fingerprint density at radius 1 is 1.44 bits per heavy atom. The minimum atomic E-state index is -0.865. The first-order valence-corrected chi connectivity index (χ1v) is 5.86. The predicted octanol–water partition coefficient (Wildman–Crippen LogP) is 0.104. The third-order valence-corrected chi connectivity index (χ3v) is 2.86. The van der Waals surface area contributed by atoms with E-state index in [-0.39, 0.29) is 11.8 Å². The molecule has 0 atom stereocenters. The van der Waals surface area contributed by atoms with Crippen LogP contribution in [0.15, 0.2) is 18.3 Å². The smallest absolute Gasteiger partial charge is 0.248 e. The lowest BCUT2D eigenvalue weighted by atomic mass is 10.0. The van der Waals surface area contributed by atoms with Crippen LogP contribution in [0.1, 0.15) is 26.0 Å². The maximum atomic E-state index is 12.3. The highest BCUT2D eigenvalue weighted by Crippen LogP contribution is 2.15. The van der Waals surface area contributed by atoms with Crippen molar-refractivity contribution in [2.75, 3.05) is 6.54 Å². The molecular formula is C12H16N4O2. The zero-order valence-electron chi connectivity index (χ0n) is 10.5. The van der Waals surface area contributed by atoms with Crippen LogP contribution in [0, 0.1) is 0 Å². The Kier molecular flexibility index (Phi) is 3.27. The van der Waals surface area contributed by atoms with E-state index in [0.717, 1.165) is 5.69 Å². The molecule has 1 aliphatic heterocycles. The summed E-state index contributed by atoms with van der Waals surface area (Å²) in [7, 11) is 0. The minimum absolute atomic E-state index is 0.0981. The molecule has 1 N–H and O–H groups in total. The van der Waals surface area contributed by atoms with Crippen molar-refractivity contribution in [1.29, 1.82) is 0 Å². The Labute approximate surface area is 105 Å². The van der Waals surface area contributed by atoms with E-state index in [1.54, 1.807) is 31.0 Å². The zero-order valence-corrected chi connectivity index (χ0v) is 10.5. The molecular weight excluding hydrogens is 232 g/mol. The lowest BCUT2D eigenvalue weighted by Crippen LogP contribution is -2.52. The Morgan fingerprint density at radius 3 is 2.89 bits per heavy atom. The van der Waals surface area contributed by atoms with E-state index in [1.165, 1.54) is 0 Å². The van der Waals surface area contributed by atoms with Crippen molar-refractivity contribution in [3.05, 3.63) is 24.0 Å². The van der Waals surface area contributed by atoms with Gasteiger partial charge in [-0.25, -0.2) is 0 Å². The van der Waals surface area contributed by atoms with Crippen molar-refractivity contribution in [1.82, 2.24) is 20.4 Å². The first kappa shape index (κ1) is 12.5. The van der Waals surface area contributed by atoms with Crippen LogP contribution in [0.2, 0.25) is 0 Å². The lowest BCUT2D eigenvalue weighted by molar-refractivity contribution is -0.137. The first-order chi connectivity index (χ1) is 8.49. The second kappa shape index (κ2) is 4.72. The maximum absolute atomic E-state index is 12.3. The topological polar surface area (TPSA) is 75.2 Å². The number of hydrogen-bond acceptors (Lipinski definition) is 4. The summed E-state index contributed by atoms with van der Waals surface area (Å²) >= 11 is 0. The van der Waals surface area contributed by atoms with Gasteiger partial charge in [-0.2, -0.15) is 10.2 Å². The van der Waals surface area contributed by atoms with Gasteiger partial charge in [-0.1, -0.05) is 0 Å². The van der Waals surface area contributed by atoms with Gasteiger partial charge in [0, 0.05) is 19.2 Å². The van der Waals surface area contributed by atoms with Gasteiger partial charge in [0.05, 0.1) is 12.2 Å². The molecule has 6 heteroatoms. The van der Waals surface area contributed by atoms with E-state index >= 15 is 0 Å². The second-order valence-corrected chi connectivity index (χ2v) is 4.86. The van der Waals surface area contributed by atoms with Crippen molar-refractivity contribution in [2.24, 2.45) is 0 Å². The second-order valence-electron chi connectivity index (χ2n) is 4.86. The highest BCUT2D eigenvalue weighted by Gasteiger charge is 2.36. The number of nitrogens with zero attached hydrogens (tertiary/aromatic N) is 3. The summed E-state index contributed by atoms with van der Waals surface area (Å²) in [5.74, 6) is -0.200. The normalized spacial score (nSPS) is 19.3. The molecule has 1 saturated heterocycles. The summed E-state index contributed by atoms with van der Waals surface area (Å²) < 4.78 is 0. The largest absolute Gasteiger partial charge is 0.342 e. The van der Waals surface area contributed by atoms with E-state index in [9.17, 15) is 9.59 Å². The molecule has 1 aliphatic rings. The summed E-state index contributed by atoms with van der Waals surface area (Å²) in [5.41, 5.74) is -0.147. The van der Waals surface area contributed by atoms with Crippen LogP contribution in [-0.2, 0) is 16.1 Å². The van der Waals surface area contributed by atoms with Crippen molar-refractivity contribution >= 4 is 11.8 Å². The molecule has 96 valence electrons. The quantitative estimate of drug-likeness (QED) is 0.805. The van der Waals surface area contributed by atoms with Gasteiger partial charge >= 0.3 is 0 Å². The molecule has 2 amide bonds. The van der Waals surface area contributed by atoms with E-state index in [2.05, 4.69) is 15.5 Å². The van der Waals surface area contributed by atoms with E-state index < -0.39 is 5.54 Å². The maximum Gasteiger partial charge on any atom is 0.248 e. The van der Waals surface area contributed by atoms with E-state index in [4.69, 9.17) is 0 Å². The number of aromatic nitrogens is 2. The third kappa shape index (κ3) is 2.64. The molecule has 0 spiro atoms. The predicted molar refractivity (Wildman–Crippen MR) is 64.3 cm³/mol. The number of nitrogens with one attached hydrogen (secondary N) is 1. The van der Waals surface area contributed by atoms with Crippen molar-refractivity contribution in [3.63, 3.8) is 0 Å². The SMILES string of the molecule is CC1(C)NC(=O)CCN(Cc2cccnn2)C1=O. The molecule has 1 fully saturated rings. The van der Waals surface area contributed by atoms with Gasteiger partial charge in [0.25, 0.3) is 0 Å². The van der Waals surface area contributed by atoms with E-state index in [1.807, 2.05) is 6.07 Å². The minimum Gasteiger partial charge on any atom is -0.342 e. The molecule has 0 aliphatic carbocycles. The Bertz CT molecular complexity index is 458. The summed E-state index contributed by atoms with van der Waals surface area (Å²) in [4.78, 5) is 25.4. The van der Waals surface area contributed by atoms with Crippen LogP contribution >= 0.6 is 0 Å². The van der Waals surface area contributed by atoms with Crippen molar-refractivity contribution in [3.8, 4) is 0 Å². The fraction of sp³-hybridized carbons (Fsp3) is 0.500. The summed E-state index contributed by atoms with van der Waals surface area (Å²) in [6.45, 7) is 4.21. The van der Waals surface area contributed by atoms with Crippen molar-refractivity contribution in [2.45, 2.75) is 32.4 Å². The monoisotopic (exact) mass is 248 g/mol. The number of carbonyl (C=O) groups is 2. The highest BCUT2D eigenvalue weighted by atomic mass is 16.2. The van der Waals surface area contributed by atoms with Crippen LogP contribution < -0.4 is 5.32 Å². The van der Waals surface area contributed by atoms with Crippen LogP contribution in [0.4, 0.5) is 0 Å². The average molecular weight is 248 g/mol. The molecule has 18 heavy (non-hydrogen) atoms. The zero-order chi connectivity index (χ0) is 13.2. The van der Waals surface area contributed by atoms with Crippen LogP contribution in [0.3, 0.4) is 0 Å².